The van der Waals surface area contributed by atoms with Crippen LogP contribution < -0.4 is 5.32 Å². The van der Waals surface area contributed by atoms with Gasteiger partial charge >= 0.3 is 5.97 Å². The van der Waals surface area contributed by atoms with E-state index in [4.69, 9.17) is 0 Å². The predicted molar refractivity (Wildman–Crippen MR) is 108 cm³/mol. The summed E-state index contributed by atoms with van der Waals surface area (Å²) >= 11 is 0. The van der Waals surface area contributed by atoms with Crippen LogP contribution in [0.15, 0.2) is 35.2 Å². The normalized spacial score (nSPS) is 13.0. The second kappa shape index (κ2) is 8.24. The van der Waals surface area contributed by atoms with E-state index < -0.39 is 27.5 Å². The van der Waals surface area contributed by atoms with Crippen molar-refractivity contribution in [1.29, 1.82) is 0 Å². The van der Waals surface area contributed by atoms with E-state index in [2.05, 4.69) is 10.1 Å². The first kappa shape index (κ1) is 20.9. The number of aromatic hydroxyl groups is 1. The summed E-state index contributed by atoms with van der Waals surface area (Å²) in [5, 5.41) is 12.8. The topological polar surface area (TPSA) is 110 Å². The van der Waals surface area contributed by atoms with Crippen molar-refractivity contribution in [2.45, 2.75) is 37.5 Å². The molecule has 0 atom stereocenters. The number of esters is 1. The minimum absolute atomic E-state index is 0.0628. The average molecular weight is 417 g/mol. The number of amides is 1. The molecule has 0 spiro atoms. The lowest BCUT2D eigenvalue weighted by Crippen LogP contribution is -2.18. The number of carbonyl (C=O) groups excluding carboxylic acids is 2. The van der Waals surface area contributed by atoms with Crippen LogP contribution in [0.25, 0.3) is 0 Å². The van der Waals surface area contributed by atoms with E-state index in [1.165, 1.54) is 18.7 Å². The molecule has 2 aromatic rings. The molecule has 0 radical (unpaired) electrons. The van der Waals surface area contributed by atoms with Gasteiger partial charge in [0.1, 0.15) is 5.56 Å². The van der Waals surface area contributed by atoms with Crippen LogP contribution in [-0.2, 0) is 32.2 Å². The fourth-order valence-corrected chi connectivity index (χ4v) is 4.70. The Morgan fingerprint density at radius 2 is 1.86 bits per heavy atom. The number of nitrogens with one attached hydrogen (secondary N) is 1. The van der Waals surface area contributed by atoms with Crippen molar-refractivity contribution in [3.63, 3.8) is 0 Å². The van der Waals surface area contributed by atoms with Crippen LogP contribution in [0.4, 0.5) is 5.69 Å². The standard InChI is InChI=1S/C21H23NO6S/c1-13-6-9-17(21(25)28-2)20(24)19(13)22-18(23)10-11-29(26,27)16-8-7-14-4-3-5-15(14)12-16/h6-9,12,24H,3-5,10-11H2,1-2H3,(H,22,23). The molecule has 29 heavy (non-hydrogen) atoms. The quantitative estimate of drug-likeness (QED) is 0.552. The molecule has 154 valence electrons. The number of hydrogen-bond acceptors (Lipinski definition) is 6. The third-order valence-electron chi connectivity index (χ3n) is 5.08. The molecule has 1 aliphatic carbocycles. The van der Waals surface area contributed by atoms with Crippen molar-refractivity contribution in [1.82, 2.24) is 0 Å². The molecule has 3 rings (SSSR count). The molecule has 1 aliphatic rings. The lowest BCUT2D eigenvalue weighted by Gasteiger charge is -2.13. The number of hydrogen-bond donors (Lipinski definition) is 2. The number of rotatable bonds is 6. The first-order valence-corrected chi connectivity index (χ1v) is 10.9. The van der Waals surface area contributed by atoms with Gasteiger partial charge < -0.3 is 15.2 Å². The van der Waals surface area contributed by atoms with Crippen LogP contribution in [0.5, 0.6) is 5.75 Å². The molecule has 0 saturated heterocycles. The number of methoxy groups -OCH3 is 1. The van der Waals surface area contributed by atoms with Crippen molar-refractivity contribution in [2.24, 2.45) is 0 Å². The van der Waals surface area contributed by atoms with Gasteiger partial charge in [0.2, 0.25) is 5.91 Å². The number of anilines is 1. The maximum Gasteiger partial charge on any atom is 0.341 e. The van der Waals surface area contributed by atoms with E-state index in [9.17, 15) is 23.1 Å². The van der Waals surface area contributed by atoms with Gasteiger partial charge in [-0.1, -0.05) is 12.1 Å². The van der Waals surface area contributed by atoms with Crippen molar-refractivity contribution in [3.05, 3.63) is 52.6 Å². The van der Waals surface area contributed by atoms with Gasteiger partial charge in [0.25, 0.3) is 0 Å². The molecule has 2 aromatic carbocycles. The molecule has 8 heteroatoms. The van der Waals surface area contributed by atoms with Crippen molar-refractivity contribution in [3.8, 4) is 5.75 Å². The second-order valence-corrected chi connectivity index (χ2v) is 9.16. The highest BCUT2D eigenvalue weighted by Gasteiger charge is 2.22. The Kier molecular flexibility index (Phi) is 5.93. The Bertz CT molecular complexity index is 1070. The summed E-state index contributed by atoms with van der Waals surface area (Å²) in [6, 6.07) is 8.08. The van der Waals surface area contributed by atoms with Gasteiger partial charge in [-0.25, -0.2) is 13.2 Å². The van der Waals surface area contributed by atoms with Gasteiger partial charge in [0, 0.05) is 6.42 Å². The monoisotopic (exact) mass is 417 g/mol. The van der Waals surface area contributed by atoms with Crippen LogP contribution >= 0.6 is 0 Å². The van der Waals surface area contributed by atoms with Crippen LogP contribution in [-0.4, -0.2) is 38.3 Å². The Hall–Kier alpha value is -2.87. The summed E-state index contributed by atoms with van der Waals surface area (Å²) in [6.45, 7) is 1.65. The van der Waals surface area contributed by atoms with E-state index in [1.807, 2.05) is 6.07 Å². The summed E-state index contributed by atoms with van der Waals surface area (Å²) in [6.07, 6.45) is 2.58. The van der Waals surface area contributed by atoms with Crippen LogP contribution in [0.3, 0.4) is 0 Å². The molecule has 0 aliphatic heterocycles. The summed E-state index contributed by atoms with van der Waals surface area (Å²) in [5.74, 6) is -2.08. The van der Waals surface area contributed by atoms with Gasteiger partial charge in [-0.15, -0.1) is 0 Å². The Morgan fingerprint density at radius 3 is 2.59 bits per heavy atom. The first-order chi connectivity index (χ1) is 13.7. The number of carbonyl (C=O) groups is 2. The van der Waals surface area contributed by atoms with Gasteiger partial charge in [0.15, 0.2) is 15.6 Å². The number of benzene rings is 2. The van der Waals surface area contributed by atoms with E-state index in [-0.39, 0.29) is 28.3 Å². The SMILES string of the molecule is COC(=O)c1ccc(C)c(NC(=O)CCS(=O)(=O)c2ccc3c(c2)CCC3)c1O. The number of phenolic OH excluding ortho intramolecular Hbond substituents is 1. The minimum atomic E-state index is -3.61. The van der Waals surface area contributed by atoms with E-state index >= 15 is 0 Å². The molecule has 1 amide bonds. The van der Waals surface area contributed by atoms with Gasteiger partial charge in [-0.2, -0.15) is 0 Å². The molecular formula is C21H23NO6S. The highest BCUT2D eigenvalue weighted by atomic mass is 32.2. The number of fused-ring (bicyclic) bond motifs is 1. The smallest absolute Gasteiger partial charge is 0.341 e. The predicted octanol–water partition coefficient (Wildman–Crippen LogP) is 2.78. The molecule has 0 bridgehead atoms. The third kappa shape index (κ3) is 4.42. The summed E-state index contributed by atoms with van der Waals surface area (Å²) < 4.78 is 29.8. The van der Waals surface area contributed by atoms with Crippen molar-refractivity contribution < 1.29 is 27.9 Å². The molecule has 2 N–H and O–H groups in total. The maximum atomic E-state index is 12.6. The van der Waals surface area contributed by atoms with Gasteiger partial charge in [0.05, 0.1) is 23.4 Å². The Morgan fingerprint density at radius 1 is 1.14 bits per heavy atom. The Balaban J connectivity index is 1.71. The number of phenols is 1. The van der Waals surface area contributed by atoms with E-state index in [0.29, 0.717) is 5.56 Å². The fraction of sp³-hybridized carbons (Fsp3) is 0.333. The molecular weight excluding hydrogens is 394 g/mol. The van der Waals surface area contributed by atoms with Crippen LogP contribution in [0.2, 0.25) is 0 Å². The number of ether oxygens (including phenoxy) is 1. The van der Waals surface area contributed by atoms with Crippen molar-refractivity contribution in [2.75, 3.05) is 18.2 Å². The Labute approximate surface area is 169 Å². The average Bonchev–Trinajstić information content (AvgIpc) is 3.17. The van der Waals surface area contributed by atoms with Gasteiger partial charge in [-0.3, -0.25) is 4.79 Å². The zero-order valence-corrected chi connectivity index (χ0v) is 17.1. The molecule has 0 saturated carbocycles. The van der Waals surface area contributed by atoms with Crippen LogP contribution in [0, 0.1) is 6.92 Å². The molecule has 0 fully saturated rings. The van der Waals surface area contributed by atoms with Gasteiger partial charge in [-0.05, 0) is 61.1 Å². The first-order valence-electron chi connectivity index (χ1n) is 9.28. The molecule has 0 heterocycles. The van der Waals surface area contributed by atoms with Crippen molar-refractivity contribution >= 4 is 27.4 Å². The lowest BCUT2D eigenvalue weighted by molar-refractivity contribution is -0.115. The van der Waals surface area contributed by atoms with E-state index in [0.717, 1.165) is 24.8 Å². The lowest BCUT2D eigenvalue weighted by atomic mass is 10.1. The van der Waals surface area contributed by atoms with Crippen LogP contribution in [0.1, 0.15) is 39.9 Å². The molecule has 0 aromatic heterocycles. The zero-order valence-electron chi connectivity index (χ0n) is 16.3. The summed E-state index contributed by atoms with van der Waals surface area (Å²) in [4.78, 5) is 24.3. The second-order valence-electron chi connectivity index (χ2n) is 7.05. The largest absolute Gasteiger partial charge is 0.505 e. The third-order valence-corrected chi connectivity index (χ3v) is 6.80. The number of aryl methyl sites for hydroxylation is 3. The van der Waals surface area contributed by atoms with E-state index in [1.54, 1.807) is 25.1 Å². The molecule has 7 nitrogen and oxygen atoms in total. The number of sulfone groups is 1. The highest BCUT2D eigenvalue weighted by molar-refractivity contribution is 7.91. The summed E-state index contributed by atoms with van der Waals surface area (Å²) in [7, 11) is -2.43. The summed E-state index contributed by atoms with van der Waals surface area (Å²) in [5.41, 5.74) is 2.74. The zero-order chi connectivity index (χ0) is 21.2. The molecule has 0 unspecified atom stereocenters. The highest BCUT2D eigenvalue weighted by Crippen LogP contribution is 2.32. The maximum absolute atomic E-state index is 12.6. The minimum Gasteiger partial charge on any atom is -0.505 e. The fourth-order valence-electron chi connectivity index (χ4n) is 3.41.